The van der Waals surface area contributed by atoms with Gasteiger partial charge >= 0.3 is 0 Å². The lowest BCUT2D eigenvalue weighted by atomic mass is 9.94. The Morgan fingerprint density at radius 2 is 1.11 bits per heavy atom. The Kier molecular flexibility index (Phi) is 6.89. The Balaban J connectivity index is 1.02. The molecule has 54 heavy (non-hydrogen) atoms. The van der Waals surface area contributed by atoms with Crippen molar-refractivity contribution < 1.29 is 4.42 Å². The number of pyridine rings is 1. The van der Waals surface area contributed by atoms with Crippen LogP contribution in [-0.4, -0.2) is 15.6 Å². The molecule has 1 atom stereocenters. The molecule has 1 unspecified atom stereocenters. The maximum absolute atomic E-state index is 6.49. The molecule has 1 N–H and O–H groups in total. The fourth-order valence-corrected chi connectivity index (χ4v) is 8.25. The minimum atomic E-state index is 0.0471. The molecule has 6 aromatic carbocycles. The molecule has 0 spiro atoms. The van der Waals surface area contributed by atoms with E-state index in [1.807, 2.05) is 12.1 Å². The maximum atomic E-state index is 6.49. The first-order valence-electron chi connectivity index (χ1n) is 18.4. The van der Waals surface area contributed by atoms with Gasteiger partial charge in [0.25, 0.3) is 0 Å². The summed E-state index contributed by atoms with van der Waals surface area (Å²) in [6, 6.07) is 58.2. The van der Waals surface area contributed by atoms with Gasteiger partial charge in [-0.25, -0.2) is 4.98 Å². The third-order valence-electron chi connectivity index (χ3n) is 10.8. The Morgan fingerprint density at radius 3 is 1.81 bits per heavy atom. The molecule has 0 fully saturated rings. The van der Waals surface area contributed by atoms with Gasteiger partial charge in [-0.15, -0.1) is 0 Å². The van der Waals surface area contributed by atoms with Crippen LogP contribution in [0.15, 0.2) is 193 Å². The second-order valence-electron chi connectivity index (χ2n) is 14.0. The van der Waals surface area contributed by atoms with Crippen LogP contribution in [-0.2, 0) is 0 Å². The van der Waals surface area contributed by atoms with E-state index in [2.05, 4.69) is 186 Å². The summed E-state index contributed by atoms with van der Waals surface area (Å²) in [5.74, 6) is 0. The van der Waals surface area contributed by atoms with Crippen molar-refractivity contribution in [2.45, 2.75) is 6.04 Å². The molecule has 1 aliphatic carbocycles. The molecule has 0 bridgehead atoms. The summed E-state index contributed by atoms with van der Waals surface area (Å²) < 4.78 is 8.84. The standard InChI is InChI=1S/C50H33N3O/c1-2-12-32(13-3-1)36-30-43(51-44(31-36)34-26-28-37(29-27-34)53-45-19-9-5-14-38(45)39-15-6-10-20-46(39)53)33-22-24-35(25-23-33)49-48-41-17-7-11-21-47(41)54-50(48)40-16-4-8-18-42(40)52-49/h1-31,42,52H. The highest BCUT2D eigenvalue weighted by Crippen LogP contribution is 2.34. The summed E-state index contributed by atoms with van der Waals surface area (Å²) >= 11 is 0. The molecular formula is C50H33N3O. The maximum Gasteiger partial charge on any atom is 0.143 e. The zero-order valence-electron chi connectivity index (χ0n) is 29.3. The first kappa shape index (κ1) is 30.5. The molecule has 254 valence electrons. The van der Waals surface area contributed by atoms with E-state index in [0.29, 0.717) is 0 Å². The van der Waals surface area contributed by atoms with Crippen LogP contribution in [0.3, 0.4) is 0 Å². The molecule has 0 saturated heterocycles. The Labute approximate surface area is 312 Å². The number of rotatable bonds is 5. The molecule has 1 aliphatic heterocycles. The summed E-state index contributed by atoms with van der Waals surface area (Å²) in [5, 5.41) is 8.56. The number of aromatic nitrogens is 2. The summed E-state index contributed by atoms with van der Waals surface area (Å²) in [6.07, 6.45) is 8.52. The molecule has 0 radical (unpaired) electrons. The van der Waals surface area contributed by atoms with Crippen molar-refractivity contribution in [3.63, 3.8) is 0 Å². The van der Waals surface area contributed by atoms with Crippen LogP contribution in [0.4, 0.5) is 0 Å². The van der Waals surface area contributed by atoms with E-state index in [1.165, 1.54) is 21.8 Å². The molecule has 11 rings (SSSR count). The molecular weight excluding hydrogens is 659 g/mol. The Hall–Kier alpha value is -7.17. The molecule has 3 aromatic heterocycles. The summed E-state index contributed by atoms with van der Waals surface area (Å²) in [7, 11) is 0. The fourth-order valence-electron chi connectivity index (χ4n) is 8.25. The van der Waals surface area contributed by atoms with E-state index in [9.17, 15) is 0 Å². The third-order valence-corrected chi connectivity index (χ3v) is 10.8. The molecule has 4 heteroatoms. The molecule has 0 amide bonds. The smallest absolute Gasteiger partial charge is 0.143 e. The van der Waals surface area contributed by atoms with E-state index < -0.39 is 0 Å². The number of fused-ring (bicyclic) bond motifs is 7. The normalized spacial score (nSPS) is 14.8. The lowest BCUT2D eigenvalue weighted by molar-refractivity contribution is 0.564. The van der Waals surface area contributed by atoms with Crippen molar-refractivity contribution in [3.05, 3.63) is 204 Å². The minimum absolute atomic E-state index is 0.0471. The van der Waals surface area contributed by atoms with Crippen LogP contribution in [0.2, 0.25) is 0 Å². The molecule has 4 heterocycles. The van der Waals surface area contributed by atoms with Gasteiger partial charge in [-0.3, -0.25) is 0 Å². The number of nitrogens with zero attached hydrogens (tertiary/aromatic N) is 2. The van der Waals surface area contributed by atoms with Crippen molar-refractivity contribution >= 4 is 44.0 Å². The average molecular weight is 692 g/mol. The number of para-hydroxylation sites is 3. The van der Waals surface area contributed by atoms with Crippen molar-refractivity contribution in [3.8, 4) is 39.3 Å². The molecule has 9 aromatic rings. The summed E-state index contributed by atoms with van der Waals surface area (Å²) in [4.78, 5) is 5.29. The Morgan fingerprint density at radius 1 is 0.519 bits per heavy atom. The van der Waals surface area contributed by atoms with Gasteiger partial charge in [0, 0.05) is 38.5 Å². The number of allylic oxidation sites excluding steroid dienone is 2. The third kappa shape index (κ3) is 4.88. The first-order chi connectivity index (χ1) is 26.8. The Bertz CT molecular complexity index is 3060. The first-order valence-corrected chi connectivity index (χ1v) is 18.4. The minimum Gasteiger partial charge on any atom is -0.456 e. The lowest BCUT2D eigenvalue weighted by Crippen LogP contribution is -2.44. The van der Waals surface area contributed by atoms with Crippen LogP contribution < -0.4 is 16.0 Å². The van der Waals surface area contributed by atoms with Gasteiger partial charge in [-0.1, -0.05) is 146 Å². The zero-order chi connectivity index (χ0) is 35.6. The van der Waals surface area contributed by atoms with Crippen molar-refractivity contribution in [1.29, 1.82) is 0 Å². The van der Waals surface area contributed by atoms with Crippen LogP contribution in [0.5, 0.6) is 0 Å². The average Bonchev–Trinajstić information content (AvgIpc) is 3.81. The highest BCUT2D eigenvalue weighted by Gasteiger charge is 2.24. The van der Waals surface area contributed by atoms with E-state index in [-0.39, 0.29) is 6.04 Å². The second kappa shape index (κ2) is 12.2. The lowest BCUT2D eigenvalue weighted by Gasteiger charge is -2.25. The summed E-state index contributed by atoms with van der Waals surface area (Å²) in [6.45, 7) is 0. The van der Waals surface area contributed by atoms with Crippen molar-refractivity contribution in [2.24, 2.45) is 0 Å². The number of nitrogens with one attached hydrogen (secondary N) is 1. The quantitative estimate of drug-likeness (QED) is 0.195. The molecule has 2 aliphatic rings. The largest absolute Gasteiger partial charge is 0.456 e. The molecule has 0 saturated carbocycles. The highest BCUT2D eigenvalue weighted by atomic mass is 16.3. The predicted molar refractivity (Wildman–Crippen MR) is 221 cm³/mol. The molecule has 4 nitrogen and oxygen atoms in total. The second-order valence-corrected chi connectivity index (χ2v) is 14.0. The van der Waals surface area contributed by atoms with Crippen LogP contribution >= 0.6 is 0 Å². The number of benzene rings is 6. The monoisotopic (exact) mass is 691 g/mol. The van der Waals surface area contributed by atoms with E-state index in [4.69, 9.17) is 9.40 Å². The predicted octanol–water partition coefficient (Wildman–Crippen LogP) is 10.3. The van der Waals surface area contributed by atoms with Gasteiger partial charge in [-0.05, 0) is 59.2 Å². The van der Waals surface area contributed by atoms with E-state index in [1.54, 1.807) is 0 Å². The fraction of sp³-hybridized carbons (Fsp3) is 0.0200. The number of hydrogen-bond acceptors (Lipinski definition) is 3. The van der Waals surface area contributed by atoms with Gasteiger partial charge in [0.05, 0.1) is 39.4 Å². The van der Waals surface area contributed by atoms with Gasteiger partial charge < -0.3 is 14.3 Å². The SMILES string of the molecule is C1=CC2=c3oc4ccccc4c3=C(c3ccc(-c4cc(-c5ccccc5)cc(-c5ccc(-n6c7ccccc7c7ccccc76)cc5)n4)cc3)NC2C=C1. The van der Waals surface area contributed by atoms with Gasteiger partial charge in [0.1, 0.15) is 11.0 Å². The number of furan rings is 1. The topological polar surface area (TPSA) is 43.0 Å². The van der Waals surface area contributed by atoms with Crippen LogP contribution in [0, 0.1) is 0 Å². The zero-order valence-corrected chi connectivity index (χ0v) is 29.3. The van der Waals surface area contributed by atoms with Crippen LogP contribution in [0.25, 0.3) is 83.4 Å². The van der Waals surface area contributed by atoms with Gasteiger partial charge in [-0.2, -0.15) is 0 Å². The van der Waals surface area contributed by atoms with Crippen LogP contribution in [0.1, 0.15) is 5.56 Å². The van der Waals surface area contributed by atoms with Crippen molar-refractivity contribution in [1.82, 2.24) is 14.9 Å². The number of hydrogen-bond donors (Lipinski definition) is 1. The van der Waals surface area contributed by atoms with E-state index >= 15 is 0 Å². The van der Waals surface area contributed by atoms with Gasteiger partial charge in [0.2, 0.25) is 0 Å². The van der Waals surface area contributed by atoms with E-state index in [0.717, 1.165) is 77.8 Å². The highest BCUT2D eigenvalue weighted by molar-refractivity contribution is 6.09. The van der Waals surface area contributed by atoms with Gasteiger partial charge in [0.15, 0.2) is 0 Å². The van der Waals surface area contributed by atoms with Crippen molar-refractivity contribution in [2.75, 3.05) is 0 Å². The summed E-state index contributed by atoms with van der Waals surface area (Å²) in [5.41, 5.74) is 15.0.